The molecule has 1 saturated carbocycles. The van der Waals surface area contributed by atoms with Crippen molar-refractivity contribution in [1.29, 1.82) is 0 Å². The molecule has 26 heavy (non-hydrogen) atoms. The van der Waals surface area contributed by atoms with E-state index in [4.69, 9.17) is 9.47 Å². The Balaban J connectivity index is 1.74. The summed E-state index contributed by atoms with van der Waals surface area (Å²) in [6.07, 6.45) is 4.87. The minimum atomic E-state index is -0.969. The number of hydrogen-bond donors (Lipinski definition) is 1. The summed E-state index contributed by atoms with van der Waals surface area (Å²) in [4.78, 5) is 38.3. The fraction of sp³-hybridized carbons (Fsp3) is 0.556. The minimum Gasteiger partial charge on any atom is -0.477 e. The largest absolute Gasteiger partial charge is 0.477 e. The highest BCUT2D eigenvalue weighted by Gasteiger charge is 2.27. The first-order valence-electron chi connectivity index (χ1n) is 8.68. The van der Waals surface area contributed by atoms with Crippen LogP contribution in [0.4, 0.5) is 5.69 Å². The molecule has 1 heterocycles. The molecule has 1 amide bonds. The van der Waals surface area contributed by atoms with Crippen molar-refractivity contribution in [3.05, 3.63) is 18.3 Å². The quantitative estimate of drug-likeness (QED) is 0.607. The summed E-state index contributed by atoms with van der Waals surface area (Å²) in [5.41, 5.74) is 0.377. The number of carbonyl (C=O) groups is 3. The predicted molar refractivity (Wildman–Crippen MR) is 92.5 cm³/mol. The molecule has 142 valence electrons. The van der Waals surface area contributed by atoms with E-state index in [1.807, 2.05) is 6.92 Å². The molecule has 8 heteroatoms. The Morgan fingerprint density at radius 1 is 1.19 bits per heavy atom. The Morgan fingerprint density at radius 3 is 2.50 bits per heavy atom. The number of rotatable bonds is 6. The van der Waals surface area contributed by atoms with Gasteiger partial charge in [-0.25, -0.2) is 9.78 Å². The third kappa shape index (κ3) is 5.72. The van der Waals surface area contributed by atoms with Crippen molar-refractivity contribution in [1.82, 2.24) is 4.98 Å². The lowest BCUT2D eigenvalue weighted by atomic mass is 9.82. The van der Waals surface area contributed by atoms with Gasteiger partial charge in [0, 0.05) is 6.07 Å². The Hall–Kier alpha value is -2.64. The molecule has 1 aliphatic rings. The van der Waals surface area contributed by atoms with Crippen molar-refractivity contribution in [3.63, 3.8) is 0 Å². The standard InChI is InChI=1S/C18H24N2O6/c1-3-25-17(22)13-6-4-12(5-7-13)11-26-15-9-8-14(10-19-15)20-16(21)18(23)24-2/h8-10,12-13H,3-7,11H2,1-2H3,(H,20,21). The zero-order chi connectivity index (χ0) is 18.9. The fourth-order valence-electron chi connectivity index (χ4n) is 2.84. The first kappa shape index (κ1) is 19.7. The summed E-state index contributed by atoms with van der Waals surface area (Å²) in [7, 11) is 1.14. The lowest BCUT2D eigenvalue weighted by Crippen LogP contribution is -2.26. The molecule has 1 N–H and O–H groups in total. The molecule has 0 atom stereocenters. The zero-order valence-electron chi connectivity index (χ0n) is 15.0. The van der Waals surface area contributed by atoms with Gasteiger partial charge in [-0.05, 0) is 44.6 Å². The molecule has 1 aliphatic carbocycles. The van der Waals surface area contributed by atoms with Crippen LogP contribution in [0, 0.1) is 11.8 Å². The smallest absolute Gasteiger partial charge is 0.396 e. The Morgan fingerprint density at radius 2 is 1.92 bits per heavy atom. The van der Waals surface area contributed by atoms with E-state index in [9.17, 15) is 14.4 Å². The highest BCUT2D eigenvalue weighted by atomic mass is 16.5. The molecule has 8 nitrogen and oxygen atoms in total. The van der Waals surface area contributed by atoms with Crippen LogP contribution in [0.15, 0.2) is 18.3 Å². The minimum absolute atomic E-state index is 0.00188. The van der Waals surface area contributed by atoms with Crippen LogP contribution in [0.2, 0.25) is 0 Å². The number of carbonyl (C=O) groups excluding carboxylic acids is 3. The third-order valence-corrected chi connectivity index (χ3v) is 4.30. The maximum Gasteiger partial charge on any atom is 0.396 e. The van der Waals surface area contributed by atoms with Gasteiger partial charge in [0.15, 0.2) is 0 Å². The molecular weight excluding hydrogens is 340 g/mol. The maximum atomic E-state index is 11.7. The summed E-state index contributed by atoms with van der Waals surface area (Å²) in [6, 6.07) is 3.22. The fourth-order valence-corrected chi connectivity index (χ4v) is 2.84. The SMILES string of the molecule is CCOC(=O)C1CCC(COc2ccc(NC(=O)C(=O)OC)cn2)CC1. The van der Waals surface area contributed by atoms with E-state index < -0.39 is 11.9 Å². The topological polar surface area (TPSA) is 104 Å². The highest BCUT2D eigenvalue weighted by Crippen LogP contribution is 2.30. The molecule has 0 unspecified atom stereocenters. The van der Waals surface area contributed by atoms with Gasteiger partial charge >= 0.3 is 17.8 Å². The molecule has 0 aliphatic heterocycles. The van der Waals surface area contributed by atoms with Crippen molar-refractivity contribution < 1.29 is 28.6 Å². The Labute approximate surface area is 152 Å². The van der Waals surface area contributed by atoms with Crippen molar-refractivity contribution in [2.75, 3.05) is 25.6 Å². The van der Waals surface area contributed by atoms with Crippen molar-refractivity contribution >= 4 is 23.5 Å². The van der Waals surface area contributed by atoms with E-state index in [0.717, 1.165) is 32.8 Å². The van der Waals surface area contributed by atoms with Crippen LogP contribution in [-0.4, -0.2) is 43.2 Å². The number of nitrogens with zero attached hydrogens (tertiary/aromatic N) is 1. The van der Waals surface area contributed by atoms with Crippen LogP contribution < -0.4 is 10.1 Å². The Kier molecular flexibility index (Phi) is 7.37. The van der Waals surface area contributed by atoms with Crippen LogP contribution in [0.1, 0.15) is 32.6 Å². The summed E-state index contributed by atoms with van der Waals surface area (Å²) in [5, 5.41) is 2.38. The second-order valence-corrected chi connectivity index (χ2v) is 6.11. The van der Waals surface area contributed by atoms with E-state index in [2.05, 4.69) is 15.0 Å². The van der Waals surface area contributed by atoms with Gasteiger partial charge in [0.1, 0.15) is 0 Å². The number of ether oxygens (including phenoxy) is 3. The second-order valence-electron chi connectivity index (χ2n) is 6.11. The molecule has 0 radical (unpaired) electrons. The van der Waals surface area contributed by atoms with Gasteiger partial charge in [-0.3, -0.25) is 9.59 Å². The van der Waals surface area contributed by atoms with Crippen LogP contribution in [-0.2, 0) is 23.9 Å². The number of aromatic nitrogens is 1. The van der Waals surface area contributed by atoms with E-state index in [1.54, 1.807) is 12.1 Å². The molecule has 1 fully saturated rings. The normalized spacial score (nSPS) is 19.3. The lowest BCUT2D eigenvalue weighted by Gasteiger charge is -2.26. The molecule has 0 spiro atoms. The van der Waals surface area contributed by atoms with Gasteiger partial charge in [-0.15, -0.1) is 0 Å². The first-order valence-corrected chi connectivity index (χ1v) is 8.68. The number of nitrogens with one attached hydrogen (secondary N) is 1. The van der Waals surface area contributed by atoms with Crippen LogP contribution in [0.3, 0.4) is 0 Å². The van der Waals surface area contributed by atoms with Crippen molar-refractivity contribution in [2.24, 2.45) is 11.8 Å². The number of esters is 2. The molecule has 0 aromatic carbocycles. The number of anilines is 1. The molecule has 1 aromatic heterocycles. The number of hydrogen-bond acceptors (Lipinski definition) is 7. The first-order chi connectivity index (χ1) is 12.5. The van der Waals surface area contributed by atoms with Crippen molar-refractivity contribution in [3.8, 4) is 5.88 Å². The molecular formula is C18H24N2O6. The van der Waals surface area contributed by atoms with Gasteiger partial charge in [0.25, 0.3) is 0 Å². The van der Waals surface area contributed by atoms with E-state index in [0.29, 0.717) is 30.7 Å². The Bertz CT molecular complexity index is 623. The van der Waals surface area contributed by atoms with E-state index in [-0.39, 0.29) is 11.9 Å². The van der Waals surface area contributed by atoms with E-state index >= 15 is 0 Å². The predicted octanol–water partition coefficient (Wildman–Crippen LogP) is 1.94. The van der Waals surface area contributed by atoms with Crippen LogP contribution in [0.25, 0.3) is 0 Å². The summed E-state index contributed by atoms with van der Waals surface area (Å²) < 4.78 is 15.1. The summed E-state index contributed by atoms with van der Waals surface area (Å²) >= 11 is 0. The number of methoxy groups -OCH3 is 1. The van der Waals surface area contributed by atoms with Crippen molar-refractivity contribution in [2.45, 2.75) is 32.6 Å². The third-order valence-electron chi connectivity index (χ3n) is 4.30. The van der Waals surface area contributed by atoms with Gasteiger partial charge in [-0.2, -0.15) is 0 Å². The molecule has 0 saturated heterocycles. The summed E-state index contributed by atoms with van der Waals surface area (Å²) in [6.45, 7) is 2.76. The second kappa shape index (κ2) is 9.74. The molecule has 0 bridgehead atoms. The monoisotopic (exact) mass is 364 g/mol. The number of pyridine rings is 1. The summed E-state index contributed by atoms with van der Waals surface area (Å²) in [5.74, 6) is -1.11. The van der Waals surface area contributed by atoms with Gasteiger partial charge in [-0.1, -0.05) is 0 Å². The van der Waals surface area contributed by atoms with Gasteiger partial charge < -0.3 is 19.5 Å². The van der Waals surface area contributed by atoms with E-state index in [1.165, 1.54) is 6.20 Å². The highest BCUT2D eigenvalue weighted by molar-refractivity contribution is 6.37. The van der Waals surface area contributed by atoms with Crippen LogP contribution >= 0.6 is 0 Å². The average Bonchev–Trinajstić information content (AvgIpc) is 2.67. The van der Waals surface area contributed by atoms with Gasteiger partial charge in [0.2, 0.25) is 5.88 Å². The molecule has 1 aromatic rings. The zero-order valence-corrected chi connectivity index (χ0v) is 15.0. The average molecular weight is 364 g/mol. The molecule has 2 rings (SSSR count). The maximum absolute atomic E-state index is 11.7. The lowest BCUT2D eigenvalue weighted by molar-refractivity contribution is -0.150. The van der Waals surface area contributed by atoms with Crippen LogP contribution in [0.5, 0.6) is 5.88 Å². The number of amides is 1. The van der Waals surface area contributed by atoms with Gasteiger partial charge in [0.05, 0.1) is 38.1 Å².